The van der Waals surface area contributed by atoms with Crippen molar-refractivity contribution in [2.24, 2.45) is 5.92 Å². The first-order valence-electron chi connectivity index (χ1n) is 7.33. The highest BCUT2D eigenvalue weighted by Crippen LogP contribution is 2.27. The number of hydrogen-bond donors (Lipinski definition) is 0. The maximum absolute atomic E-state index is 9.09. The number of aromatic nitrogens is 3. The molecule has 2 heterocycles. The van der Waals surface area contributed by atoms with E-state index >= 15 is 0 Å². The van der Waals surface area contributed by atoms with Gasteiger partial charge >= 0.3 is 0 Å². The van der Waals surface area contributed by atoms with E-state index in [9.17, 15) is 0 Å². The van der Waals surface area contributed by atoms with E-state index < -0.39 is 0 Å². The molecule has 0 amide bonds. The zero-order valence-corrected chi connectivity index (χ0v) is 12.7. The molecule has 2 aromatic heterocycles. The Bertz CT molecular complexity index is 632. The quantitative estimate of drug-likeness (QED) is 0.830. The van der Waals surface area contributed by atoms with Crippen LogP contribution in [0.5, 0.6) is 0 Å². The second-order valence-electron chi connectivity index (χ2n) is 5.48. The molecule has 2 aromatic rings. The van der Waals surface area contributed by atoms with E-state index in [0.717, 1.165) is 35.4 Å². The Hall–Kier alpha value is -1.89. The van der Waals surface area contributed by atoms with Crippen LogP contribution in [-0.4, -0.2) is 14.5 Å². The van der Waals surface area contributed by atoms with Gasteiger partial charge in [-0.15, -0.1) is 0 Å². The SMILES string of the molecule is CCC(CC)c1nc2cc(C)cnc2n1CC(C)C#N. The monoisotopic (exact) mass is 270 g/mol. The molecule has 0 spiro atoms. The Balaban J connectivity index is 2.59. The van der Waals surface area contributed by atoms with Crippen molar-refractivity contribution in [3.63, 3.8) is 0 Å². The first-order chi connectivity index (χ1) is 9.60. The highest BCUT2D eigenvalue weighted by Gasteiger charge is 2.19. The number of rotatable bonds is 5. The molecule has 4 heteroatoms. The van der Waals surface area contributed by atoms with Crippen LogP contribution in [0.25, 0.3) is 11.2 Å². The fourth-order valence-electron chi connectivity index (χ4n) is 2.59. The van der Waals surface area contributed by atoms with E-state index in [4.69, 9.17) is 10.2 Å². The average Bonchev–Trinajstić information content (AvgIpc) is 2.78. The summed E-state index contributed by atoms with van der Waals surface area (Å²) in [7, 11) is 0. The molecule has 1 unspecified atom stereocenters. The molecule has 106 valence electrons. The third-order valence-electron chi connectivity index (χ3n) is 3.78. The van der Waals surface area contributed by atoms with Crippen molar-refractivity contribution in [1.29, 1.82) is 5.26 Å². The molecule has 4 nitrogen and oxygen atoms in total. The van der Waals surface area contributed by atoms with E-state index in [1.807, 2.05) is 20.0 Å². The van der Waals surface area contributed by atoms with Crippen molar-refractivity contribution in [3.05, 3.63) is 23.7 Å². The highest BCUT2D eigenvalue weighted by atomic mass is 15.1. The number of imidazole rings is 1. The number of nitrogens with zero attached hydrogens (tertiary/aromatic N) is 4. The topological polar surface area (TPSA) is 54.5 Å². The van der Waals surface area contributed by atoms with Crippen LogP contribution in [0.3, 0.4) is 0 Å². The summed E-state index contributed by atoms with van der Waals surface area (Å²) in [6.45, 7) is 9.00. The minimum atomic E-state index is -0.0383. The Kier molecular flexibility index (Phi) is 4.39. The number of nitriles is 1. The number of hydrogen-bond acceptors (Lipinski definition) is 3. The molecule has 20 heavy (non-hydrogen) atoms. The van der Waals surface area contributed by atoms with E-state index in [-0.39, 0.29) is 5.92 Å². The van der Waals surface area contributed by atoms with Crippen LogP contribution in [0.4, 0.5) is 0 Å². The van der Waals surface area contributed by atoms with Crippen LogP contribution < -0.4 is 0 Å². The molecule has 0 radical (unpaired) electrons. The summed E-state index contributed by atoms with van der Waals surface area (Å²) >= 11 is 0. The number of pyridine rings is 1. The van der Waals surface area contributed by atoms with Crippen LogP contribution in [0, 0.1) is 24.2 Å². The minimum absolute atomic E-state index is 0.0383. The van der Waals surface area contributed by atoms with Crippen molar-refractivity contribution in [1.82, 2.24) is 14.5 Å². The summed E-state index contributed by atoms with van der Waals surface area (Å²) in [5.41, 5.74) is 2.96. The fourth-order valence-corrected chi connectivity index (χ4v) is 2.59. The second-order valence-corrected chi connectivity index (χ2v) is 5.48. The molecule has 0 aliphatic heterocycles. The molecular formula is C16H22N4. The molecule has 0 saturated heterocycles. The lowest BCUT2D eigenvalue weighted by Gasteiger charge is -2.15. The summed E-state index contributed by atoms with van der Waals surface area (Å²) in [6, 6.07) is 4.38. The first-order valence-corrected chi connectivity index (χ1v) is 7.33. The third-order valence-corrected chi connectivity index (χ3v) is 3.78. The number of aryl methyl sites for hydroxylation is 1. The lowest BCUT2D eigenvalue weighted by Crippen LogP contribution is -2.13. The van der Waals surface area contributed by atoms with Gasteiger partial charge in [0.25, 0.3) is 0 Å². The molecule has 0 fully saturated rings. The zero-order chi connectivity index (χ0) is 14.7. The van der Waals surface area contributed by atoms with Crippen molar-refractivity contribution in [3.8, 4) is 6.07 Å². The van der Waals surface area contributed by atoms with Gasteiger partial charge in [0.1, 0.15) is 11.3 Å². The predicted octanol–water partition coefficient (Wildman–Crippen LogP) is 3.80. The van der Waals surface area contributed by atoms with Crippen LogP contribution in [0.1, 0.15) is 50.9 Å². The predicted molar refractivity (Wildman–Crippen MR) is 80.4 cm³/mol. The zero-order valence-electron chi connectivity index (χ0n) is 12.7. The smallest absolute Gasteiger partial charge is 0.160 e. The summed E-state index contributed by atoms with van der Waals surface area (Å²) in [6.07, 6.45) is 3.98. The normalized spacial score (nSPS) is 12.8. The van der Waals surface area contributed by atoms with Gasteiger partial charge in [-0.05, 0) is 38.3 Å². The fraction of sp³-hybridized carbons (Fsp3) is 0.562. The van der Waals surface area contributed by atoms with Crippen LogP contribution in [0.2, 0.25) is 0 Å². The van der Waals surface area contributed by atoms with Crippen LogP contribution in [-0.2, 0) is 6.54 Å². The summed E-state index contributed by atoms with van der Waals surface area (Å²) < 4.78 is 2.14. The van der Waals surface area contributed by atoms with Crippen molar-refractivity contribution in [2.45, 2.75) is 53.0 Å². The molecule has 1 atom stereocenters. The Labute approximate surface area is 120 Å². The molecule has 0 N–H and O–H groups in total. The molecule has 2 rings (SSSR count). The minimum Gasteiger partial charge on any atom is -0.311 e. The summed E-state index contributed by atoms with van der Waals surface area (Å²) in [5.74, 6) is 1.46. The van der Waals surface area contributed by atoms with Gasteiger partial charge in [-0.3, -0.25) is 0 Å². The van der Waals surface area contributed by atoms with E-state index in [0.29, 0.717) is 12.5 Å². The third kappa shape index (κ3) is 2.67. The van der Waals surface area contributed by atoms with Crippen molar-refractivity contribution < 1.29 is 0 Å². The highest BCUT2D eigenvalue weighted by molar-refractivity contribution is 5.72. The van der Waals surface area contributed by atoms with Crippen LogP contribution in [0.15, 0.2) is 12.3 Å². The lowest BCUT2D eigenvalue weighted by molar-refractivity contribution is 0.514. The van der Waals surface area contributed by atoms with Gasteiger partial charge in [0.15, 0.2) is 5.65 Å². The Morgan fingerprint density at radius 2 is 2.05 bits per heavy atom. The van der Waals surface area contributed by atoms with E-state index in [2.05, 4.69) is 35.5 Å². The van der Waals surface area contributed by atoms with Gasteiger partial charge in [0.2, 0.25) is 0 Å². The molecule has 0 bridgehead atoms. The first kappa shape index (κ1) is 14.5. The molecule has 0 aromatic carbocycles. The maximum atomic E-state index is 9.09. The van der Waals surface area contributed by atoms with Crippen LogP contribution >= 0.6 is 0 Å². The van der Waals surface area contributed by atoms with Gasteiger partial charge in [-0.2, -0.15) is 5.26 Å². The molecule has 0 aliphatic rings. The maximum Gasteiger partial charge on any atom is 0.160 e. The van der Waals surface area contributed by atoms with E-state index in [1.54, 1.807) is 0 Å². The molecular weight excluding hydrogens is 248 g/mol. The second kappa shape index (κ2) is 6.04. The van der Waals surface area contributed by atoms with Crippen molar-refractivity contribution >= 4 is 11.2 Å². The summed E-state index contributed by atoms with van der Waals surface area (Å²) in [5, 5.41) is 9.09. The van der Waals surface area contributed by atoms with Gasteiger partial charge in [-0.25, -0.2) is 9.97 Å². The van der Waals surface area contributed by atoms with Crippen molar-refractivity contribution in [2.75, 3.05) is 0 Å². The van der Waals surface area contributed by atoms with Gasteiger partial charge in [0.05, 0.1) is 12.0 Å². The van der Waals surface area contributed by atoms with Gasteiger partial charge < -0.3 is 4.57 Å². The largest absolute Gasteiger partial charge is 0.311 e. The summed E-state index contributed by atoms with van der Waals surface area (Å²) in [4.78, 5) is 9.32. The van der Waals surface area contributed by atoms with E-state index in [1.165, 1.54) is 0 Å². The van der Waals surface area contributed by atoms with Gasteiger partial charge in [-0.1, -0.05) is 13.8 Å². The Morgan fingerprint density at radius 3 is 2.65 bits per heavy atom. The average molecular weight is 270 g/mol. The molecule has 0 aliphatic carbocycles. The standard InChI is InChI=1S/C16H22N4/c1-5-13(6-2)15-19-14-7-11(3)9-18-16(14)20(15)10-12(4)8-17/h7,9,12-13H,5-6,10H2,1-4H3. The molecule has 0 saturated carbocycles. The van der Waals surface area contributed by atoms with Gasteiger partial charge in [0, 0.05) is 18.7 Å². The number of fused-ring (bicyclic) bond motifs is 1. The lowest BCUT2D eigenvalue weighted by atomic mass is 10.0. The Morgan fingerprint density at radius 1 is 1.35 bits per heavy atom.